The van der Waals surface area contributed by atoms with Gasteiger partial charge in [0.05, 0.1) is 17.9 Å². The number of allylic oxidation sites excluding steroid dienone is 3. The average molecular weight is 475 g/mol. The summed E-state index contributed by atoms with van der Waals surface area (Å²) in [6.45, 7) is 5.34. The number of hydrogen-bond acceptors (Lipinski definition) is 6. The first kappa shape index (κ1) is 26.1. The SMILES string of the molecule is C=C(CCN/C(=C(/C#N)C(=O)OCC)c1cccnc1Cl)/C(Cl)=C\C(=C/N)C(F)(F)F. The number of alkyl halides is 3. The van der Waals surface area contributed by atoms with Crippen molar-refractivity contribution >= 4 is 34.9 Å². The highest BCUT2D eigenvalue weighted by Crippen LogP contribution is 2.29. The van der Waals surface area contributed by atoms with Crippen LogP contribution in [0.2, 0.25) is 5.15 Å². The van der Waals surface area contributed by atoms with Crippen LogP contribution in [-0.2, 0) is 9.53 Å². The van der Waals surface area contributed by atoms with Gasteiger partial charge in [-0.3, -0.25) is 0 Å². The van der Waals surface area contributed by atoms with Crippen LogP contribution < -0.4 is 11.1 Å². The number of ether oxygens (including phenoxy) is 1. The number of esters is 1. The Hall–Kier alpha value is -2.96. The maximum Gasteiger partial charge on any atom is 0.417 e. The monoisotopic (exact) mass is 474 g/mol. The Balaban J connectivity index is 3.11. The van der Waals surface area contributed by atoms with Crippen LogP contribution in [0.25, 0.3) is 5.70 Å². The normalized spacial score (nSPS) is 13.2. The summed E-state index contributed by atoms with van der Waals surface area (Å²) in [5.74, 6) is -0.868. The summed E-state index contributed by atoms with van der Waals surface area (Å²) < 4.78 is 43.3. The molecule has 0 fully saturated rings. The van der Waals surface area contributed by atoms with Crippen LogP contribution in [0, 0.1) is 11.3 Å². The van der Waals surface area contributed by atoms with Crippen LogP contribution in [0.3, 0.4) is 0 Å². The lowest BCUT2D eigenvalue weighted by Gasteiger charge is -2.15. The van der Waals surface area contributed by atoms with Gasteiger partial charge in [0.15, 0.2) is 5.57 Å². The van der Waals surface area contributed by atoms with Crippen LogP contribution in [0.1, 0.15) is 18.9 Å². The third-order valence-electron chi connectivity index (χ3n) is 3.73. The summed E-state index contributed by atoms with van der Waals surface area (Å²) in [6, 6.07) is 4.87. The largest absolute Gasteiger partial charge is 0.462 e. The molecule has 0 aliphatic rings. The highest BCUT2D eigenvalue weighted by molar-refractivity contribution is 6.32. The van der Waals surface area contributed by atoms with Crippen molar-refractivity contribution in [1.29, 1.82) is 5.26 Å². The molecule has 11 heteroatoms. The molecule has 0 radical (unpaired) electrons. The minimum absolute atomic E-state index is 0.0294. The van der Waals surface area contributed by atoms with Crippen molar-refractivity contribution in [2.24, 2.45) is 5.73 Å². The van der Waals surface area contributed by atoms with Gasteiger partial charge in [-0.05, 0) is 37.1 Å². The van der Waals surface area contributed by atoms with Crippen molar-refractivity contribution in [3.05, 3.63) is 69.7 Å². The number of aromatic nitrogens is 1. The second-order valence-corrected chi connectivity index (χ2v) is 6.58. The molecule has 0 unspecified atom stereocenters. The number of halogens is 5. The standard InChI is InChI=1S/C20H19Cl2F3N4O2/c1-3-31-19(30)15(11-27)17(14-5-4-7-29-18(14)22)28-8-6-12(2)16(21)9-13(10-26)20(23,24)25/h4-5,7,9-10,28H,2-3,6,8,26H2,1H3/b13-10+,16-9+,17-15-. The van der Waals surface area contributed by atoms with E-state index in [-0.39, 0.29) is 52.2 Å². The molecule has 1 aromatic rings. The molecular weight excluding hydrogens is 456 g/mol. The number of nitrogens with two attached hydrogens (primary N) is 1. The van der Waals surface area contributed by atoms with E-state index in [4.69, 9.17) is 33.7 Å². The van der Waals surface area contributed by atoms with Crippen LogP contribution in [-0.4, -0.2) is 30.3 Å². The van der Waals surface area contributed by atoms with E-state index in [2.05, 4.69) is 16.9 Å². The van der Waals surface area contributed by atoms with E-state index in [0.717, 1.165) is 0 Å². The van der Waals surface area contributed by atoms with Crippen LogP contribution >= 0.6 is 23.2 Å². The fourth-order valence-electron chi connectivity index (χ4n) is 2.22. The van der Waals surface area contributed by atoms with Crippen molar-refractivity contribution < 1.29 is 22.7 Å². The Morgan fingerprint density at radius 3 is 2.68 bits per heavy atom. The highest BCUT2D eigenvalue weighted by atomic mass is 35.5. The summed E-state index contributed by atoms with van der Waals surface area (Å²) in [5, 5.41) is 12.1. The Kier molecular flexibility index (Phi) is 10.1. The summed E-state index contributed by atoms with van der Waals surface area (Å²) in [5.41, 5.74) is 4.04. The van der Waals surface area contributed by atoms with Gasteiger partial charge in [0.1, 0.15) is 11.2 Å². The zero-order chi connectivity index (χ0) is 23.6. The molecule has 0 amide bonds. The smallest absolute Gasteiger partial charge is 0.417 e. The summed E-state index contributed by atoms with van der Waals surface area (Å²) in [4.78, 5) is 16.1. The minimum atomic E-state index is -4.66. The van der Waals surface area contributed by atoms with Gasteiger partial charge in [-0.25, -0.2) is 9.78 Å². The lowest BCUT2D eigenvalue weighted by atomic mass is 10.1. The fourth-order valence-corrected chi connectivity index (χ4v) is 2.64. The van der Waals surface area contributed by atoms with Crippen molar-refractivity contribution in [3.63, 3.8) is 0 Å². The molecule has 166 valence electrons. The number of rotatable bonds is 9. The van der Waals surface area contributed by atoms with Gasteiger partial charge < -0.3 is 15.8 Å². The number of carbonyl (C=O) groups excluding carboxylic acids is 1. The van der Waals surface area contributed by atoms with Crippen molar-refractivity contribution in [2.45, 2.75) is 19.5 Å². The number of hydrogen-bond donors (Lipinski definition) is 2. The van der Waals surface area contributed by atoms with Gasteiger partial charge in [-0.2, -0.15) is 18.4 Å². The van der Waals surface area contributed by atoms with Gasteiger partial charge in [-0.1, -0.05) is 29.8 Å². The van der Waals surface area contributed by atoms with Crippen LogP contribution in [0.15, 0.2) is 58.9 Å². The Morgan fingerprint density at radius 1 is 1.48 bits per heavy atom. The molecule has 1 aromatic heterocycles. The van der Waals surface area contributed by atoms with Crippen molar-refractivity contribution in [1.82, 2.24) is 10.3 Å². The third kappa shape index (κ3) is 7.66. The molecule has 1 heterocycles. The number of pyridine rings is 1. The number of nitriles is 1. The average Bonchev–Trinajstić information content (AvgIpc) is 2.70. The first-order valence-electron chi connectivity index (χ1n) is 8.77. The zero-order valence-corrected chi connectivity index (χ0v) is 17.9. The molecule has 0 saturated carbocycles. The lowest BCUT2D eigenvalue weighted by molar-refractivity contribution is -0.137. The molecule has 0 bridgehead atoms. The molecule has 0 spiro atoms. The first-order chi connectivity index (χ1) is 14.6. The zero-order valence-electron chi connectivity index (χ0n) is 16.4. The summed E-state index contributed by atoms with van der Waals surface area (Å²) in [6.07, 6.45) is -2.10. The van der Waals surface area contributed by atoms with E-state index in [1.807, 2.05) is 0 Å². The van der Waals surface area contributed by atoms with E-state index in [1.54, 1.807) is 19.1 Å². The molecule has 0 aliphatic heterocycles. The molecule has 0 aliphatic carbocycles. The Bertz CT molecular complexity index is 964. The summed E-state index contributed by atoms with van der Waals surface area (Å²) in [7, 11) is 0. The summed E-state index contributed by atoms with van der Waals surface area (Å²) >= 11 is 12.0. The Labute approximate surface area is 187 Å². The van der Waals surface area contributed by atoms with Gasteiger partial charge in [-0.15, -0.1) is 0 Å². The van der Waals surface area contributed by atoms with Gasteiger partial charge in [0.25, 0.3) is 0 Å². The third-order valence-corrected chi connectivity index (χ3v) is 4.40. The highest BCUT2D eigenvalue weighted by Gasteiger charge is 2.32. The molecule has 0 saturated heterocycles. The number of nitrogens with one attached hydrogen (secondary N) is 1. The predicted molar refractivity (Wildman–Crippen MR) is 112 cm³/mol. The van der Waals surface area contributed by atoms with Crippen molar-refractivity contribution in [2.75, 3.05) is 13.2 Å². The second-order valence-electron chi connectivity index (χ2n) is 5.82. The van der Waals surface area contributed by atoms with Crippen LogP contribution in [0.4, 0.5) is 13.2 Å². The molecule has 6 nitrogen and oxygen atoms in total. The van der Waals surface area contributed by atoms with E-state index < -0.39 is 17.7 Å². The maximum absolute atomic E-state index is 12.8. The minimum Gasteiger partial charge on any atom is -0.462 e. The molecule has 0 aromatic carbocycles. The Morgan fingerprint density at radius 2 is 2.16 bits per heavy atom. The molecule has 31 heavy (non-hydrogen) atoms. The molecule has 0 atom stereocenters. The quantitative estimate of drug-likeness (QED) is 0.178. The van der Waals surface area contributed by atoms with E-state index in [1.165, 1.54) is 12.3 Å². The molecule has 1 rings (SSSR count). The van der Waals surface area contributed by atoms with E-state index in [9.17, 15) is 23.2 Å². The van der Waals surface area contributed by atoms with Crippen molar-refractivity contribution in [3.8, 4) is 6.07 Å². The van der Waals surface area contributed by atoms with E-state index in [0.29, 0.717) is 12.3 Å². The fraction of sp³-hybridized carbons (Fsp3) is 0.250. The maximum atomic E-state index is 12.8. The number of nitrogens with zero attached hydrogens (tertiary/aromatic N) is 2. The molecule has 3 N–H and O–H groups in total. The van der Waals surface area contributed by atoms with Crippen LogP contribution in [0.5, 0.6) is 0 Å². The topological polar surface area (TPSA) is 101 Å². The predicted octanol–water partition coefficient (Wildman–Crippen LogP) is 4.60. The lowest BCUT2D eigenvalue weighted by Crippen LogP contribution is -2.20. The van der Waals surface area contributed by atoms with Gasteiger partial charge in [0.2, 0.25) is 0 Å². The van der Waals surface area contributed by atoms with Gasteiger partial charge in [0, 0.05) is 29.5 Å². The van der Waals surface area contributed by atoms with E-state index >= 15 is 0 Å². The van der Waals surface area contributed by atoms with Gasteiger partial charge >= 0.3 is 12.1 Å². The number of carbonyl (C=O) groups is 1. The second kappa shape index (κ2) is 12.0. The molecular formula is C20H19Cl2F3N4O2. The first-order valence-corrected chi connectivity index (χ1v) is 9.53.